The number of carboxylic acids is 1. The Balaban J connectivity index is 1.99. The molecule has 1 N–H and O–H groups in total. The van der Waals surface area contributed by atoms with Crippen LogP contribution < -0.4 is 14.9 Å². The van der Waals surface area contributed by atoms with Gasteiger partial charge in [0, 0.05) is 29.9 Å². The highest BCUT2D eigenvalue weighted by molar-refractivity contribution is 5.88. The number of carboxylic acid groups (broad SMARTS) is 1. The number of carbonyl (C=O) groups is 1. The number of ether oxygens (including phenoxy) is 2. The number of hydrogen-bond donors (Lipinski definition) is 1. The number of hydrogen-bond acceptors (Lipinski definition) is 4. The smallest absolute Gasteiger partial charge is 0.341 e. The van der Waals surface area contributed by atoms with Gasteiger partial charge in [-0.15, -0.1) is 0 Å². The maximum Gasteiger partial charge on any atom is 0.341 e. The molecule has 1 aliphatic heterocycles. The van der Waals surface area contributed by atoms with Gasteiger partial charge in [-0.2, -0.15) is 0 Å². The van der Waals surface area contributed by atoms with E-state index in [4.69, 9.17) is 9.47 Å². The number of nitrogens with zero attached hydrogens (tertiary/aromatic N) is 1. The Bertz CT molecular complexity index is 1190. The first-order valence-electron chi connectivity index (χ1n) is 9.83. The van der Waals surface area contributed by atoms with Gasteiger partial charge in [-0.25, -0.2) is 4.79 Å². The molecule has 154 valence electrons. The SMILES string of the molecule is CCc1c2c(cc(-c3ccc(OC)cc3)c1OC)-c1cc(=O)c(C(=O)O)cn1CC2. The first kappa shape index (κ1) is 19.8. The van der Waals surface area contributed by atoms with Gasteiger partial charge in [-0.1, -0.05) is 19.1 Å². The van der Waals surface area contributed by atoms with Gasteiger partial charge >= 0.3 is 5.97 Å². The molecule has 0 saturated heterocycles. The second-order valence-corrected chi connectivity index (χ2v) is 7.23. The molecule has 1 aliphatic rings. The molecule has 0 amide bonds. The van der Waals surface area contributed by atoms with Gasteiger partial charge in [-0.3, -0.25) is 4.79 Å². The number of aromatic carboxylic acids is 1. The minimum Gasteiger partial charge on any atom is -0.497 e. The summed E-state index contributed by atoms with van der Waals surface area (Å²) in [5, 5.41) is 9.31. The fraction of sp³-hybridized carbons (Fsp3) is 0.250. The molecule has 0 saturated carbocycles. The van der Waals surface area contributed by atoms with Gasteiger partial charge in [0.15, 0.2) is 5.43 Å². The molecule has 0 fully saturated rings. The van der Waals surface area contributed by atoms with Crippen LogP contribution in [-0.2, 0) is 19.4 Å². The number of fused-ring (bicyclic) bond motifs is 3. The summed E-state index contributed by atoms with van der Waals surface area (Å²) in [4.78, 5) is 23.8. The average molecular weight is 405 g/mol. The van der Waals surface area contributed by atoms with Crippen molar-refractivity contribution < 1.29 is 19.4 Å². The molecule has 3 aromatic rings. The van der Waals surface area contributed by atoms with E-state index >= 15 is 0 Å². The third kappa shape index (κ3) is 3.14. The molecule has 0 atom stereocenters. The van der Waals surface area contributed by atoms with Crippen LogP contribution in [0, 0.1) is 0 Å². The van der Waals surface area contributed by atoms with Crippen LogP contribution in [0.5, 0.6) is 11.5 Å². The third-order valence-corrected chi connectivity index (χ3v) is 5.69. The molecule has 0 aliphatic carbocycles. The number of methoxy groups -OCH3 is 2. The minimum absolute atomic E-state index is 0.207. The van der Waals surface area contributed by atoms with Crippen molar-refractivity contribution >= 4 is 5.97 Å². The van der Waals surface area contributed by atoms with Gasteiger partial charge < -0.3 is 19.1 Å². The van der Waals surface area contributed by atoms with Crippen molar-refractivity contribution in [2.24, 2.45) is 0 Å². The summed E-state index contributed by atoms with van der Waals surface area (Å²) < 4.78 is 13.0. The molecule has 0 unspecified atom stereocenters. The molecule has 2 aromatic carbocycles. The van der Waals surface area contributed by atoms with E-state index in [-0.39, 0.29) is 5.56 Å². The van der Waals surface area contributed by atoms with E-state index in [0.29, 0.717) is 6.54 Å². The van der Waals surface area contributed by atoms with Crippen LogP contribution in [0.3, 0.4) is 0 Å². The van der Waals surface area contributed by atoms with Gasteiger partial charge in [0.25, 0.3) is 0 Å². The molecule has 1 aromatic heterocycles. The number of rotatable bonds is 5. The Morgan fingerprint density at radius 3 is 2.43 bits per heavy atom. The average Bonchev–Trinajstić information content (AvgIpc) is 2.77. The number of aromatic nitrogens is 1. The fourth-order valence-corrected chi connectivity index (χ4v) is 4.25. The Labute approximate surface area is 174 Å². The molecule has 0 bridgehead atoms. The van der Waals surface area contributed by atoms with Crippen LogP contribution in [0.2, 0.25) is 0 Å². The lowest BCUT2D eigenvalue weighted by molar-refractivity contribution is 0.0694. The minimum atomic E-state index is -1.20. The number of aryl methyl sites for hydroxylation is 1. The van der Waals surface area contributed by atoms with E-state index in [1.165, 1.54) is 12.3 Å². The number of benzene rings is 2. The van der Waals surface area contributed by atoms with E-state index in [2.05, 4.69) is 6.92 Å². The van der Waals surface area contributed by atoms with Crippen LogP contribution in [-0.4, -0.2) is 29.9 Å². The zero-order chi connectivity index (χ0) is 21.4. The second kappa shape index (κ2) is 7.71. The van der Waals surface area contributed by atoms with Crippen LogP contribution in [0.25, 0.3) is 22.4 Å². The standard InChI is InChI=1S/C24H23NO5/c1-4-16-17-9-10-25-13-20(24(27)28)22(26)12-21(25)19(17)11-18(23(16)30-3)14-5-7-15(29-2)8-6-14/h5-8,11-13H,4,9-10H2,1-3H3,(H,27,28). The highest BCUT2D eigenvalue weighted by atomic mass is 16.5. The summed E-state index contributed by atoms with van der Waals surface area (Å²) in [5.41, 5.74) is 5.15. The van der Waals surface area contributed by atoms with Gasteiger partial charge in [0.2, 0.25) is 0 Å². The van der Waals surface area contributed by atoms with Crippen LogP contribution in [0.15, 0.2) is 47.4 Å². The Morgan fingerprint density at radius 2 is 1.83 bits per heavy atom. The summed E-state index contributed by atoms with van der Waals surface area (Å²) >= 11 is 0. The summed E-state index contributed by atoms with van der Waals surface area (Å²) in [5.74, 6) is 0.396. The summed E-state index contributed by atoms with van der Waals surface area (Å²) in [6, 6.07) is 11.2. The molecule has 0 spiro atoms. The predicted octanol–water partition coefficient (Wildman–Crippen LogP) is 4.02. The van der Waals surface area contributed by atoms with Crippen LogP contribution >= 0.6 is 0 Å². The van der Waals surface area contributed by atoms with Gasteiger partial charge in [0.1, 0.15) is 17.1 Å². The van der Waals surface area contributed by atoms with Gasteiger partial charge in [0.05, 0.1) is 19.9 Å². The molecular weight excluding hydrogens is 382 g/mol. The van der Waals surface area contributed by atoms with Crippen molar-refractivity contribution in [1.29, 1.82) is 0 Å². The fourth-order valence-electron chi connectivity index (χ4n) is 4.25. The van der Waals surface area contributed by atoms with Crippen molar-refractivity contribution in [2.45, 2.75) is 26.3 Å². The largest absolute Gasteiger partial charge is 0.497 e. The lowest BCUT2D eigenvalue weighted by Crippen LogP contribution is -2.22. The quantitative estimate of drug-likeness (QED) is 0.694. The monoisotopic (exact) mass is 405 g/mol. The lowest BCUT2D eigenvalue weighted by atomic mass is 9.86. The van der Waals surface area contributed by atoms with Crippen molar-refractivity contribution in [3.8, 4) is 33.9 Å². The van der Waals surface area contributed by atoms with Crippen molar-refractivity contribution in [3.05, 3.63) is 69.5 Å². The van der Waals surface area contributed by atoms with Gasteiger partial charge in [-0.05, 0) is 47.7 Å². The van der Waals surface area contributed by atoms with E-state index in [1.54, 1.807) is 14.2 Å². The molecule has 2 heterocycles. The first-order valence-corrected chi connectivity index (χ1v) is 9.83. The van der Waals surface area contributed by atoms with Crippen molar-refractivity contribution in [3.63, 3.8) is 0 Å². The van der Waals surface area contributed by atoms with E-state index in [9.17, 15) is 14.7 Å². The molecule has 0 radical (unpaired) electrons. The Morgan fingerprint density at radius 1 is 1.10 bits per heavy atom. The highest BCUT2D eigenvalue weighted by Crippen LogP contribution is 2.43. The summed E-state index contributed by atoms with van der Waals surface area (Å²) in [6.45, 7) is 2.70. The molecule has 30 heavy (non-hydrogen) atoms. The molecule has 4 rings (SSSR count). The second-order valence-electron chi connectivity index (χ2n) is 7.23. The maximum absolute atomic E-state index is 12.4. The Hall–Kier alpha value is -3.54. The van der Waals surface area contributed by atoms with E-state index < -0.39 is 11.4 Å². The first-order chi connectivity index (χ1) is 14.5. The van der Waals surface area contributed by atoms with Crippen LogP contribution in [0.4, 0.5) is 0 Å². The zero-order valence-electron chi connectivity index (χ0n) is 17.2. The predicted molar refractivity (Wildman–Crippen MR) is 115 cm³/mol. The summed E-state index contributed by atoms with van der Waals surface area (Å²) in [7, 11) is 3.30. The third-order valence-electron chi connectivity index (χ3n) is 5.69. The van der Waals surface area contributed by atoms with Crippen molar-refractivity contribution in [2.75, 3.05) is 14.2 Å². The van der Waals surface area contributed by atoms with E-state index in [0.717, 1.165) is 57.9 Å². The Kier molecular flexibility index (Phi) is 5.08. The molecule has 6 heteroatoms. The summed E-state index contributed by atoms with van der Waals surface area (Å²) in [6.07, 6.45) is 2.98. The lowest BCUT2D eigenvalue weighted by Gasteiger charge is -2.27. The topological polar surface area (TPSA) is 77.8 Å². The van der Waals surface area contributed by atoms with E-state index in [1.807, 2.05) is 34.9 Å². The normalized spacial score (nSPS) is 12.1. The zero-order valence-corrected chi connectivity index (χ0v) is 17.2. The number of pyridine rings is 1. The molecule has 6 nitrogen and oxygen atoms in total. The van der Waals surface area contributed by atoms with Crippen molar-refractivity contribution in [1.82, 2.24) is 4.57 Å². The maximum atomic E-state index is 12.4. The van der Waals surface area contributed by atoms with Crippen LogP contribution in [0.1, 0.15) is 28.4 Å². The molecular formula is C24H23NO5. The highest BCUT2D eigenvalue weighted by Gasteiger charge is 2.25.